The van der Waals surface area contributed by atoms with Gasteiger partial charge in [0.25, 0.3) is 5.91 Å². The molecule has 10 heteroatoms. The third kappa shape index (κ3) is 7.74. The summed E-state index contributed by atoms with van der Waals surface area (Å²) in [5.74, 6) is -1.35. The number of anilines is 1. The van der Waals surface area contributed by atoms with Crippen LogP contribution in [-0.2, 0) is 15.8 Å². The molecule has 0 bridgehead atoms. The van der Waals surface area contributed by atoms with Gasteiger partial charge in [-0.25, -0.2) is 9.80 Å². The van der Waals surface area contributed by atoms with E-state index in [0.717, 1.165) is 23.3 Å². The highest BCUT2D eigenvalue weighted by Crippen LogP contribution is 2.41. The molecule has 7 nitrogen and oxygen atoms in total. The van der Waals surface area contributed by atoms with Crippen molar-refractivity contribution in [2.45, 2.75) is 71.1 Å². The predicted molar refractivity (Wildman–Crippen MR) is 159 cm³/mol. The third-order valence-corrected chi connectivity index (χ3v) is 7.51. The third-order valence-electron chi connectivity index (χ3n) is 7.51. The average molecular weight is 595 g/mol. The molecule has 3 N–H and O–H groups in total. The van der Waals surface area contributed by atoms with Crippen LogP contribution in [0.5, 0.6) is 0 Å². The maximum atomic E-state index is 14.5. The summed E-state index contributed by atoms with van der Waals surface area (Å²) in [5, 5.41) is 1.19. The van der Waals surface area contributed by atoms with Crippen molar-refractivity contribution in [1.82, 2.24) is 10.4 Å². The van der Waals surface area contributed by atoms with Crippen molar-refractivity contribution in [3.05, 3.63) is 101 Å². The number of nitrogens with one attached hydrogen (secondary N) is 1. The molecule has 1 heterocycles. The smallest absolute Gasteiger partial charge is 0.351 e. The van der Waals surface area contributed by atoms with Crippen molar-refractivity contribution < 1.29 is 27.6 Å². The number of amides is 4. The summed E-state index contributed by atoms with van der Waals surface area (Å²) in [7, 11) is 0. The van der Waals surface area contributed by atoms with E-state index in [4.69, 9.17) is 5.73 Å². The molecule has 1 aliphatic rings. The van der Waals surface area contributed by atoms with E-state index in [0.29, 0.717) is 11.3 Å². The highest BCUT2D eigenvalue weighted by atomic mass is 19.4. The number of alkyl halides is 3. The second kappa shape index (κ2) is 12.5. The molecule has 1 saturated heterocycles. The molecule has 0 radical (unpaired) electrons. The lowest BCUT2D eigenvalue weighted by molar-refractivity contribution is -0.145. The number of benzene rings is 3. The highest BCUT2D eigenvalue weighted by molar-refractivity contribution is 6.00. The van der Waals surface area contributed by atoms with Gasteiger partial charge in [-0.2, -0.15) is 13.2 Å². The number of halogens is 3. The Morgan fingerprint density at radius 1 is 0.930 bits per heavy atom. The maximum Gasteiger partial charge on any atom is 0.416 e. The summed E-state index contributed by atoms with van der Waals surface area (Å²) in [6.07, 6.45) is -4.01. The van der Waals surface area contributed by atoms with E-state index in [9.17, 15) is 27.6 Å². The quantitative estimate of drug-likeness (QED) is 0.326. The van der Waals surface area contributed by atoms with Gasteiger partial charge in [0, 0.05) is 12.1 Å². The molecule has 228 valence electrons. The standard InChI is InChI=1S/C33H37F3N4O3/c1-21-9-8-12-26(17-21)39(31(37)43)28-19-24(22-10-6-5-7-11-22)18-27(23-13-15-25(16-14-23)33(34,35)36)40(30(28)42)38-29(41)20-32(2,3)4/h5-17,24,27-28H,18-20H2,1-4H3,(H2,37,43)(H,38,41). The van der Waals surface area contributed by atoms with Gasteiger partial charge in [0.15, 0.2) is 0 Å². The van der Waals surface area contributed by atoms with E-state index in [2.05, 4.69) is 5.43 Å². The lowest BCUT2D eigenvalue weighted by atomic mass is 9.86. The molecule has 1 aliphatic heterocycles. The lowest BCUT2D eigenvalue weighted by Gasteiger charge is -2.35. The van der Waals surface area contributed by atoms with Gasteiger partial charge in [-0.1, -0.05) is 75.4 Å². The first-order chi connectivity index (χ1) is 20.1. The number of primary amides is 1. The number of hydrazine groups is 1. The lowest BCUT2D eigenvalue weighted by Crippen LogP contribution is -2.57. The zero-order valence-corrected chi connectivity index (χ0v) is 24.7. The second-order valence-corrected chi connectivity index (χ2v) is 12.3. The van der Waals surface area contributed by atoms with E-state index in [-0.39, 0.29) is 25.2 Å². The Bertz CT molecular complexity index is 1450. The normalized spacial score (nSPS) is 19.5. The minimum atomic E-state index is -4.54. The number of urea groups is 1. The van der Waals surface area contributed by atoms with Gasteiger partial charge < -0.3 is 5.73 Å². The minimum absolute atomic E-state index is 0.0840. The van der Waals surface area contributed by atoms with Gasteiger partial charge in [0.1, 0.15) is 6.04 Å². The van der Waals surface area contributed by atoms with E-state index in [1.165, 1.54) is 22.0 Å². The molecule has 3 aromatic rings. The van der Waals surface area contributed by atoms with Gasteiger partial charge in [-0.3, -0.25) is 19.9 Å². The summed E-state index contributed by atoms with van der Waals surface area (Å²) in [6.45, 7) is 7.49. The summed E-state index contributed by atoms with van der Waals surface area (Å²) in [5.41, 5.74) is 10.0. The Morgan fingerprint density at radius 3 is 2.14 bits per heavy atom. The summed E-state index contributed by atoms with van der Waals surface area (Å²) < 4.78 is 40.2. The Morgan fingerprint density at radius 2 is 1.58 bits per heavy atom. The average Bonchev–Trinajstić information content (AvgIpc) is 3.05. The van der Waals surface area contributed by atoms with Crippen LogP contribution in [0.25, 0.3) is 0 Å². The number of nitrogens with zero attached hydrogens (tertiary/aromatic N) is 2. The molecule has 1 fully saturated rings. The SMILES string of the molecule is Cc1cccc(N(C(N)=O)C2CC(c3ccccc3)CC(c3ccc(C(F)(F)F)cc3)N(NC(=O)CC(C)(C)C)C2=O)c1. The molecule has 0 aromatic heterocycles. The van der Waals surface area contributed by atoms with Gasteiger partial charge >= 0.3 is 12.2 Å². The number of hydrogen-bond donors (Lipinski definition) is 2. The molecule has 4 rings (SSSR count). The molecule has 43 heavy (non-hydrogen) atoms. The minimum Gasteiger partial charge on any atom is -0.351 e. The van der Waals surface area contributed by atoms with E-state index in [1.54, 1.807) is 18.2 Å². The van der Waals surface area contributed by atoms with Crippen LogP contribution in [0.2, 0.25) is 0 Å². The van der Waals surface area contributed by atoms with Crippen LogP contribution < -0.4 is 16.1 Å². The van der Waals surface area contributed by atoms with Crippen molar-refractivity contribution in [2.24, 2.45) is 11.1 Å². The molecular weight excluding hydrogens is 557 g/mol. The Kier molecular flexibility index (Phi) is 9.18. The number of carbonyl (C=O) groups excluding carboxylic acids is 3. The Labute approximate surface area is 249 Å². The number of aryl methyl sites for hydroxylation is 1. The predicted octanol–water partition coefficient (Wildman–Crippen LogP) is 6.88. The number of rotatable bonds is 6. The fraction of sp³-hybridized carbons (Fsp3) is 0.364. The first kappa shape index (κ1) is 31.6. The zero-order chi connectivity index (χ0) is 31.5. The Hall–Kier alpha value is -4.34. The molecule has 0 spiro atoms. The molecule has 4 amide bonds. The van der Waals surface area contributed by atoms with Gasteiger partial charge in [-0.05, 0) is 72.1 Å². The van der Waals surface area contributed by atoms with Crippen molar-refractivity contribution in [3.63, 3.8) is 0 Å². The molecular formula is C33H37F3N4O3. The molecule has 0 saturated carbocycles. The van der Waals surface area contributed by atoms with Crippen molar-refractivity contribution in [1.29, 1.82) is 0 Å². The van der Waals surface area contributed by atoms with Gasteiger partial charge in [0.2, 0.25) is 5.91 Å². The van der Waals surface area contributed by atoms with Crippen molar-refractivity contribution in [2.75, 3.05) is 4.90 Å². The van der Waals surface area contributed by atoms with E-state index < -0.39 is 47.1 Å². The fourth-order valence-electron chi connectivity index (χ4n) is 5.58. The monoisotopic (exact) mass is 594 g/mol. The van der Waals surface area contributed by atoms with Crippen LogP contribution in [0.3, 0.4) is 0 Å². The van der Waals surface area contributed by atoms with Crippen LogP contribution in [0.15, 0.2) is 78.9 Å². The summed E-state index contributed by atoms with van der Waals surface area (Å²) >= 11 is 0. The van der Waals surface area contributed by atoms with Gasteiger partial charge in [-0.15, -0.1) is 0 Å². The first-order valence-corrected chi connectivity index (χ1v) is 14.1. The fourth-order valence-corrected chi connectivity index (χ4v) is 5.58. The maximum absolute atomic E-state index is 14.5. The number of nitrogens with two attached hydrogens (primary N) is 1. The number of hydrogen-bond acceptors (Lipinski definition) is 3. The highest BCUT2D eigenvalue weighted by Gasteiger charge is 2.44. The van der Waals surface area contributed by atoms with Crippen LogP contribution in [0.1, 0.15) is 74.2 Å². The van der Waals surface area contributed by atoms with Crippen molar-refractivity contribution in [3.8, 4) is 0 Å². The van der Waals surface area contributed by atoms with Crippen LogP contribution in [0, 0.1) is 12.3 Å². The van der Waals surface area contributed by atoms with E-state index in [1.807, 2.05) is 64.1 Å². The molecule has 0 aliphatic carbocycles. The van der Waals surface area contributed by atoms with Crippen LogP contribution in [-0.4, -0.2) is 28.9 Å². The van der Waals surface area contributed by atoms with Gasteiger partial charge in [0.05, 0.1) is 11.6 Å². The zero-order valence-electron chi connectivity index (χ0n) is 24.7. The van der Waals surface area contributed by atoms with E-state index >= 15 is 0 Å². The molecule has 3 unspecified atom stereocenters. The van der Waals surface area contributed by atoms with Crippen LogP contribution >= 0.6 is 0 Å². The second-order valence-electron chi connectivity index (χ2n) is 12.3. The van der Waals surface area contributed by atoms with Crippen molar-refractivity contribution >= 4 is 23.5 Å². The first-order valence-electron chi connectivity index (χ1n) is 14.1. The molecule has 3 atom stereocenters. The van der Waals surface area contributed by atoms with Crippen LogP contribution in [0.4, 0.5) is 23.7 Å². The molecule has 3 aromatic carbocycles. The largest absolute Gasteiger partial charge is 0.416 e. The Balaban J connectivity index is 1.87. The summed E-state index contributed by atoms with van der Waals surface area (Å²) in [6, 6.07) is 18.2. The summed E-state index contributed by atoms with van der Waals surface area (Å²) in [4.78, 5) is 42.0. The topological polar surface area (TPSA) is 95.7 Å². The number of carbonyl (C=O) groups is 3.